The summed E-state index contributed by atoms with van der Waals surface area (Å²) < 4.78 is 2.30. The van der Waals surface area contributed by atoms with Crippen LogP contribution in [-0.2, 0) is 6.54 Å². The molecular formula is C22H28N4. The van der Waals surface area contributed by atoms with Crippen LogP contribution in [0.5, 0.6) is 0 Å². The maximum atomic E-state index is 4.98. The summed E-state index contributed by atoms with van der Waals surface area (Å²) in [4.78, 5) is 12.1. The molecule has 0 fully saturated rings. The average molecular weight is 348 g/mol. The standard InChI is InChI=1S/C20H22N4.C2H6/c1-13-11-16-17(12-14(13)2)22-20-19(21-16)15-7-5-6-8-18(15)24(20)10-9-23(3)4;1-2/h5-8,11-12H,9-10H2,1-4H3;1-2H3. The second kappa shape index (κ2) is 7.42. The maximum Gasteiger partial charge on any atom is 0.160 e. The molecule has 2 aromatic carbocycles. The van der Waals surface area contributed by atoms with Gasteiger partial charge < -0.3 is 9.47 Å². The molecule has 0 spiro atoms. The van der Waals surface area contributed by atoms with Gasteiger partial charge in [-0.2, -0.15) is 0 Å². The minimum Gasteiger partial charge on any atom is -0.323 e. The van der Waals surface area contributed by atoms with Crippen molar-refractivity contribution in [2.75, 3.05) is 20.6 Å². The summed E-state index contributed by atoms with van der Waals surface area (Å²) in [5, 5.41) is 1.18. The number of nitrogens with zero attached hydrogens (tertiary/aromatic N) is 4. The Hall–Kier alpha value is -2.46. The lowest BCUT2D eigenvalue weighted by atomic mass is 10.1. The van der Waals surface area contributed by atoms with Crippen LogP contribution in [0.3, 0.4) is 0 Å². The molecular weight excluding hydrogens is 320 g/mol. The highest BCUT2D eigenvalue weighted by atomic mass is 15.1. The number of hydrogen-bond donors (Lipinski definition) is 0. The van der Waals surface area contributed by atoms with Crippen LogP contribution >= 0.6 is 0 Å². The molecule has 4 aromatic rings. The smallest absolute Gasteiger partial charge is 0.160 e. The molecule has 2 aromatic heterocycles. The van der Waals surface area contributed by atoms with Gasteiger partial charge in [-0.3, -0.25) is 0 Å². The Morgan fingerprint density at radius 2 is 1.54 bits per heavy atom. The SMILES string of the molecule is CC.Cc1cc2nc3c4ccccc4n(CCN(C)C)c3nc2cc1C. The first-order valence-corrected chi connectivity index (χ1v) is 9.35. The first kappa shape index (κ1) is 18.3. The van der Waals surface area contributed by atoms with E-state index in [4.69, 9.17) is 9.97 Å². The first-order valence-electron chi connectivity index (χ1n) is 9.35. The first-order chi connectivity index (χ1) is 12.5. The summed E-state index contributed by atoms with van der Waals surface area (Å²) in [6, 6.07) is 12.8. The summed E-state index contributed by atoms with van der Waals surface area (Å²) in [5.41, 5.74) is 7.65. The molecule has 0 aliphatic heterocycles. The molecule has 4 rings (SSSR count). The number of hydrogen-bond acceptors (Lipinski definition) is 3. The van der Waals surface area contributed by atoms with Crippen LogP contribution < -0.4 is 0 Å². The maximum absolute atomic E-state index is 4.98. The van der Waals surface area contributed by atoms with E-state index in [0.29, 0.717) is 0 Å². The Kier molecular flexibility index (Phi) is 5.23. The van der Waals surface area contributed by atoms with E-state index in [1.807, 2.05) is 13.8 Å². The van der Waals surface area contributed by atoms with E-state index >= 15 is 0 Å². The van der Waals surface area contributed by atoms with Gasteiger partial charge in [0.15, 0.2) is 5.65 Å². The summed E-state index contributed by atoms with van der Waals surface area (Å²) in [6.07, 6.45) is 0. The van der Waals surface area contributed by atoms with Gasteiger partial charge in [-0.25, -0.2) is 9.97 Å². The highest BCUT2D eigenvalue weighted by Crippen LogP contribution is 2.28. The third-order valence-electron chi connectivity index (χ3n) is 4.74. The van der Waals surface area contributed by atoms with Gasteiger partial charge >= 0.3 is 0 Å². The number of aromatic nitrogens is 3. The van der Waals surface area contributed by atoms with Crippen LogP contribution in [0.4, 0.5) is 0 Å². The Balaban J connectivity index is 0.000000948. The van der Waals surface area contributed by atoms with E-state index < -0.39 is 0 Å². The normalized spacial score (nSPS) is 11.3. The molecule has 0 bridgehead atoms. The van der Waals surface area contributed by atoms with Gasteiger partial charge in [0.05, 0.1) is 16.6 Å². The van der Waals surface area contributed by atoms with E-state index in [1.165, 1.54) is 22.0 Å². The fourth-order valence-corrected chi connectivity index (χ4v) is 3.22. The Morgan fingerprint density at radius 1 is 0.923 bits per heavy atom. The molecule has 0 aliphatic rings. The van der Waals surface area contributed by atoms with Gasteiger partial charge in [-0.05, 0) is 57.3 Å². The van der Waals surface area contributed by atoms with Crippen LogP contribution in [0.1, 0.15) is 25.0 Å². The fraction of sp³-hybridized carbons (Fsp3) is 0.364. The van der Waals surface area contributed by atoms with E-state index in [9.17, 15) is 0 Å². The average Bonchev–Trinajstić information content (AvgIpc) is 2.94. The summed E-state index contributed by atoms with van der Waals surface area (Å²) in [5.74, 6) is 0. The van der Waals surface area contributed by atoms with Crippen molar-refractivity contribution < 1.29 is 0 Å². The number of aryl methyl sites for hydroxylation is 2. The lowest BCUT2D eigenvalue weighted by molar-refractivity contribution is 0.389. The zero-order valence-corrected chi connectivity index (χ0v) is 16.7. The molecule has 136 valence electrons. The quantitative estimate of drug-likeness (QED) is 0.526. The van der Waals surface area contributed by atoms with Crippen LogP contribution in [0.2, 0.25) is 0 Å². The van der Waals surface area contributed by atoms with Crippen LogP contribution in [0, 0.1) is 13.8 Å². The molecule has 0 atom stereocenters. The topological polar surface area (TPSA) is 34.0 Å². The van der Waals surface area contributed by atoms with E-state index in [-0.39, 0.29) is 0 Å². The minimum atomic E-state index is 0.905. The van der Waals surface area contributed by atoms with E-state index in [1.54, 1.807) is 0 Å². The number of fused-ring (bicyclic) bond motifs is 4. The third kappa shape index (κ3) is 3.17. The second-order valence-electron chi connectivity index (χ2n) is 6.79. The minimum absolute atomic E-state index is 0.905. The lowest BCUT2D eigenvalue weighted by Gasteiger charge is -2.12. The highest BCUT2D eigenvalue weighted by molar-refractivity contribution is 6.06. The monoisotopic (exact) mass is 348 g/mol. The largest absolute Gasteiger partial charge is 0.323 e. The summed E-state index contributed by atoms with van der Waals surface area (Å²) >= 11 is 0. The van der Waals surface area contributed by atoms with Crippen molar-refractivity contribution in [1.82, 2.24) is 19.4 Å². The van der Waals surface area contributed by atoms with Crippen molar-refractivity contribution in [3.05, 3.63) is 47.5 Å². The van der Waals surface area contributed by atoms with Gasteiger partial charge in [-0.1, -0.05) is 32.0 Å². The Labute approximate surface area is 155 Å². The lowest BCUT2D eigenvalue weighted by Crippen LogP contribution is -2.18. The van der Waals surface area contributed by atoms with Crippen molar-refractivity contribution in [1.29, 1.82) is 0 Å². The molecule has 0 saturated heterocycles. The summed E-state index contributed by atoms with van der Waals surface area (Å²) in [6.45, 7) is 10.1. The number of benzene rings is 2. The second-order valence-corrected chi connectivity index (χ2v) is 6.79. The fourth-order valence-electron chi connectivity index (χ4n) is 3.22. The van der Waals surface area contributed by atoms with Crippen LogP contribution in [0.25, 0.3) is 33.1 Å². The summed E-state index contributed by atoms with van der Waals surface area (Å²) in [7, 11) is 4.20. The van der Waals surface area contributed by atoms with Gasteiger partial charge in [0.2, 0.25) is 0 Å². The Morgan fingerprint density at radius 3 is 2.19 bits per heavy atom. The molecule has 26 heavy (non-hydrogen) atoms. The Bertz CT molecular complexity index is 1060. The number of likely N-dealkylation sites (N-methyl/N-ethyl adjacent to an activating group) is 1. The van der Waals surface area contributed by atoms with Crippen LogP contribution in [0.15, 0.2) is 36.4 Å². The van der Waals surface area contributed by atoms with Gasteiger partial charge in [-0.15, -0.1) is 0 Å². The van der Waals surface area contributed by atoms with Gasteiger partial charge in [0.1, 0.15) is 5.52 Å². The molecule has 0 unspecified atom stereocenters. The predicted molar refractivity (Wildman–Crippen MR) is 112 cm³/mol. The van der Waals surface area contributed by atoms with Crippen molar-refractivity contribution >= 4 is 33.1 Å². The van der Waals surface area contributed by atoms with Crippen molar-refractivity contribution in [2.24, 2.45) is 0 Å². The highest BCUT2D eigenvalue weighted by Gasteiger charge is 2.14. The third-order valence-corrected chi connectivity index (χ3v) is 4.74. The molecule has 0 radical (unpaired) electrons. The molecule has 0 saturated carbocycles. The predicted octanol–water partition coefficient (Wildman–Crippen LogP) is 4.94. The van der Waals surface area contributed by atoms with Gasteiger partial charge in [0.25, 0.3) is 0 Å². The van der Waals surface area contributed by atoms with E-state index in [0.717, 1.165) is 35.3 Å². The number of para-hydroxylation sites is 1. The molecule has 4 nitrogen and oxygen atoms in total. The van der Waals surface area contributed by atoms with E-state index in [2.05, 4.69) is 73.8 Å². The molecule has 2 heterocycles. The molecule has 0 amide bonds. The number of rotatable bonds is 3. The molecule has 0 N–H and O–H groups in total. The van der Waals surface area contributed by atoms with Crippen molar-refractivity contribution in [3.63, 3.8) is 0 Å². The van der Waals surface area contributed by atoms with Crippen molar-refractivity contribution in [2.45, 2.75) is 34.2 Å². The molecule has 4 heteroatoms. The van der Waals surface area contributed by atoms with Crippen molar-refractivity contribution in [3.8, 4) is 0 Å². The molecule has 0 aliphatic carbocycles. The zero-order valence-electron chi connectivity index (χ0n) is 16.7. The van der Waals surface area contributed by atoms with Crippen LogP contribution in [-0.4, -0.2) is 40.1 Å². The van der Waals surface area contributed by atoms with Gasteiger partial charge in [0, 0.05) is 18.5 Å². The zero-order chi connectivity index (χ0) is 18.8.